The highest BCUT2D eigenvalue weighted by atomic mass is 16.4. The van der Waals surface area contributed by atoms with Crippen molar-refractivity contribution in [3.05, 3.63) is 11.6 Å². The maximum Gasteiger partial charge on any atom is 0.409 e. The van der Waals surface area contributed by atoms with Crippen molar-refractivity contribution < 1.29 is 9.90 Å². The number of nitrogens with one attached hydrogen (secondary N) is 1. The van der Waals surface area contributed by atoms with Crippen molar-refractivity contribution in [3.63, 3.8) is 0 Å². The monoisotopic (exact) mass is 227 g/mol. The van der Waals surface area contributed by atoms with E-state index in [0.717, 1.165) is 5.57 Å². The Morgan fingerprint density at radius 2 is 2.31 bits per heavy atom. The molecular formula is C11H21N3O2. The summed E-state index contributed by atoms with van der Waals surface area (Å²) < 4.78 is 0. The fourth-order valence-electron chi connectivity index (χ4n) is 1.92. The van der Waals surface area contributed by atoms with Crippen LogP contribution in [-0.4, -0.2) is 40.9 Å². The lowest BCUT2D eigenvalue weighted by Gasteiger charge is -2.41. The van der Waals surface area contributed by atoms with Gasteiger partial charge in [-0.2, -0.15) is 0 Å². The predicted octanol–water partition coefficient (Wildman–Crippen LogP) is 0.969. The van der Waals surface area contributed by atoms with Crippen LogP contribution in [0.1, 0.15) is 27.2 Å². The summed E-state index contributed by atoms with van der Waals surface area (Å²) in [7, 11) is 0. The Balaban J connectivity index is 2.76. The second-order valence-electron chi connectivity index (χ2n) is 5.02. The van der Waals surface area contributed by atoms with Gasteiger partial charge in [0, 0.05) is 18.6 Å². The lowest BCUT2D eigenvalue weighted by atomic mass is 10.0. The quantitative estimate of drug-likeness (QED) is 0.614. The van der Waals surface area contributed by atoms with Crippen molar-refractivity contribution in [1.29, 1.82) is 0 Å². The molecule has 5 heteroatoms. The first-order valence-electron chi connectivity index (χ1n) is 5.50. The van der Waals surface area contributed by atoms with Gasteiger partial charge >= 0.3 is 6.09 Å². The van der Waals surface area contributed by atoms with Crippen molar-refractivity contribution in [2.24, 2.45) is 5.73 Å². The Morgan fingerprint density at radius 3 is 2.62 bits per heavy atom. The van der Waals surface area contributed by atoms with Crippen LogP contribution in [0.5, 0.6) is 0 Å². The predicted molar refractivity (Wildman–Crippen MR) is 63.2 cm³/mol. The van der Waals surface area contributed by atoms with Gasteiger partial charge < -0.3 is 10.8 Å². The fourth-order valence-corrected chi connectivity index (χ4v) is 1.92. The fraction of sp³-hybridized carbons (Fsp3) is 0.727. The smallest absolute Gasteiger partial charge is 0.409 e. The molecule has 0 aromatic heterocycles. The molecule has 5 nitrogen and oxygen atoms in total. The summed E-state index contributed by atoms with van der Waals surface area (Å²) in [4.78, 5) is 12.7. The number of nitrogens with zero attached hydrogens (tertiary/aromatic N) is 1. The molecule has 0 saturated carbocycles. The highest BCUT2D eigenvalue weighted by Crippen LogP contribution is 2.20. The van der Waals surface area contributed by atoms with E-state index in [1.807, 2.05) is 26.8 Å². The molecule has 92 valence electrons. The van der Waals surface area contributed by atoms with Gasteiger partial charge in [0.25, 0.3) is 0 Å². The molecule has 1 unspecified atom stereocenters. The summed E-state index contributed by atoms with van der Waals surface area (Å²) in [5.41, 5.74) is 6.26. The van der Waals surface area contributed by atoms with Crippen LogP contribution in [0.2, 0.25) is 0 Å². The van der Waals surface area contributed by atoms with E-state index < -0.39 is 11.6 Å². The third-order valence-corrected chi connectivity index (χ3v) is 2.70. The molecule has 0 saturated heterocycles. The van der Waals surface area contributed by atoms with E-state index in [0.29, 0.717) is 19.5 Å². The SMILES string of the molecule is CC(C)(C)N(C(=O)O)C1CC=C(CN)CN1. The van der Waals surface area contributed by atoms with Crippen LogP contribution in [0, 0.1) is 0 Å². The summed E-state index contributed by atoms with van der Waals surface area (Å²) in [6.07, 6.45) is 1.65. The van der Waals surface area contributed by atoms with E-state index in [2.05, 4.69) is 5.32 Å². The number of rotatable bonds is 2. The highest BCUT2D eigenvalue weighted by molar-refractivity contribution is 5.66. The highest BCUT2D eigenvalue weighted by Gasteiger charge is 2.33. The van der Waals surface area contributed by atoms with Gasteiger partial charge in [0.1, 0.15) is 0 Å². The van der Waals surface area contributed by atoms with Crippen LogP contribution in [0.15, 0.2) is 11.6 Å². The third kappa shape index (κ3) is 2.96. The van der Waals surface area contributed by atoms with Crippen molar-refractivity contribution in [2.75, 3.05) is 13.1 Å². The second-order valence-corrected chi connectivity index (χ2v) is 5.02. The van der Waals surface area contributed by atoms with E-state index in [1.54, 1.807) is 0 Å². The zero-order valence-corrected chi connectivity index (χ0v) is 10.2. The van der Waals surface area contributed by atoms with Crippen molar-refractivity contribution >= 4 is 6.09 Å². The molecule has 1 aliphatic heterocycles. The lowest BCUT2D eigenvalue weighted by molar-refractivity contribution is 0.0585. The molecular weight excluding hydrogens is 206 g/mol. The maximum absolute atomic E-state index is 11.2. The molecule has 1 heterocycles. The Labute approximate surface area is 96.3 Å². The zero-order valence-electron chi connectivity index (χ0n) is 10.2. The topological polar surface area (TPSA) is 78.6 Å². The van der Waals surface area contributed by atoms with Gasteiger partial charge in [-0.15, -0.1) is 0 Å². The normalized spacial score (nSPS) is 21.5. The number of hydrogen-bond acceptors (Lipinski definition) is 3. The Morgan fingerprint density at radius 1 is 1.69 bits per heavy atom. The van der Waals surface area contributed by atoms with Gasteiger partial charge in [-0.25, -0.2) is 4.79 Å². The van der Waals surface area contributed by atoms with Gasteiger partial charge in [-0.3, -0.25) is 10.2 Å². The van der Waals surface area contributed by atoms with Crippen LogP contribution < -0.4 is 11.1 Å². The largest absolute Gasteiger partial charge is 0.465 e. The lowest BCUT2D eigenvalue weighted by Crippen LogP contribution is -2.57. The van der Waals surface area contributed by atoms with Crippen LogP contribution >= 0.6 is 0 Å². The van der Waals surface area contributed by atoms with Crippen LogP contribution in [-0.2, 0) is 0 Å². The minimum absolute atomic E-state index is 0.159. The minimum atomic E-state index is -0.894. The third-order valence-electron chi connectivity index (χ3n) is 2.70. The molecule has 1 rings (SSSR count). The molecule has 0 aliphatic carbocycles. The van der Waals surface area contributed by atoms with Crippen LogP contribution in [0.25, 0.3) is 0 Å². The molecule has 1 amide bonds. The van der Waals surface area contributed by atoms with Crippen molar-refractivity contribution in [2.45, 2.75) is 38.9 Å². The summed E-state index contributed by atoms with van der Waals surface area (Å²) in [5, 5.41) is 12.4. The first-order chi connectivity index (χ1) is 7.36. The molecule has 0 radical (unpaired) electrons. The molecule has 0 bridgehead atoms. The zero-order chi connectivity index (χ0) is 12.3. The number of carbonyl (C=O) groups is 1. The first-order valence-corrected chi connectivity index (χ1v) is 5.50. The summed E-state index contributed by atoms with van der Waals surface area (Å²) in [5.74, 6) is 0. The second kappa shape index (κ2) is 4.84. The summed E-state index contributed by atoms with van der Waals surface area (Å²) in [6, 6.07) is 0. The molecule has 16 heavy (non-hydrogen) atoms. The average Bonchev–Trinajstić information content (AvgIpc) is 2.16. The van der Waals surface area contributed by atoms with E-state index in [1.165, 1.54) is 4.90 Å². The minimum Gasteiger partial charge on any atom is -0.465 e. The standard InChI is InChI=1S/C11H21N3O2/c1-11(2,3)14(10(15)16)9-5-4-8(6-12)7-13-9/h4,9,13H,5-7,12H2,1-3H3,(H,15,16). The maximum atomic E-state index is 11.2. The number of nitrogens with two attached hydrogens (primary N) is 1. The van der Waals surface area contributed by atoms with Gasteiger partial charge in [0.2, 0.25) is 0 Å². The Kier molecular flexibility index (Phi) is 3.93. The van der Waals surface area contributed by atoms with Crippen LogP contribution in [0.3, 0.4) is 0 Å². The van der Waals surface area contributed by atoms with E-state index in [4.69, 9.17) is 5.73 Å². The Hall–Kier alpha value is -1.07. The van der Waals surface area contributed by atoms with Crippen molar-refractivity contribution in [3.8, 4) is 0 Å². The summed E-state index contributed by atoms with van der Waals surface area (Å²) in [6.45, 7) is 6.88. The van der Waals surface area contributed by atoms with E-state index in [-0.39, 0.29) is 6.17 Å². The van der Waals surface area contributed by atoms with Gasteiger partial charge in [-0.1, -0.05) is 6.08 Å². The number of hydrogen-bond donors (Lipinski definition) is 3. The molecule has 0 aromatic carbocycles. The number of carboxylic acid groups (broad SMARTS) is 1. The summed E-state index contributed by atoms with van der Waals surface area (Å²) >= 11 is 0. The van der Waals surface area contributed by atoms with E-state index in [9.17, 15) is 9.90 Å². The molecule has 4 N–H and O–H groups in total. The van der Waals surface area contributed by atoms with E-state index >= 15 is 0 Å². The molecule has 1 aliphatic rings. The molecule has 0 fully saturated rings. The van der Waals surface area contributed by atoms with Gasteiger partial charge in [0.15, 0.2) is 0 Å². The first kappa shape index (κ1) is 13.0. The number of amides is 1. The molecule has 1 atom stereocenters. The Bertz CT molecular complexity index is 294. The average molecular weight is 227 g/mol. The molecule has 0 aromatic rings. The van der Waals surface area contributed by atoms with Gasteiger partial charge in [-0.05, 0) is 32.8 Å². The van der Waals surface area contributed by atoms with Gasteiger partial charge in [0.05, 0.1) is 6.17 Å². The van der Waals surface area contributed by atoms with Crippen LogP contribution in [0.4, 0.5) is 4.79 Å². The molecule has 0 spiro atoms. The van der Waals surface area contributed by atoms with Crippen molar-refractivity contribution in [1.82, 2.24) is 10.2 Å².